The van der Waals surface area contributed by atoms with E-state index in [4.69, 9.17) is 9.15 Å². The van der Waals surface area contributed by atoms with Crippen LogP contribution in [0.25, 0.3) is 28.3 Å². The van der Waals surface area contributed by atoms with E-state index in [0.717, 1.165) is 11.6 Å². The van der Waals surface area contributed by atoms with Gasteiger partial charge in [0.05, 0.1) is 35.4 Å². The van der Waals surface area contributed by atoms with E-state index in [1.54, 1.807) is 53.7 Å². The molecular formula is C30H24F3N3O4. The van der Waals surface area contributed by atoms with Crippen LogP contribution in [0.2, 0.25) is 0 Å². The summed E-state index contributed by atoms with van der Waals surface area (Å²) in [5, 5.41) is 0.258. The van der Waals surface area contributed by atoms with Crippen LogP contribution in [0.1, 0.15) is 33.7 Å². The van der Waals surface area contributed by atoms with Crippen LogP contribution < -0.4 is 0 Å². The van der Waals surface area contributed by atoms with E-state index in [1.165, 1.54) is 18.3 Å². The molecular weight excluding hydrogens is 523 g/mol. The van der Waals surface area contributed by atoms with Crippen LogP contribution in [0.15, 0.2) is 71.5 Å². The molecule has 2 aliphatic heterocycles. The molecule has 2 saturated heterocycles. The number of nitrogens with zero attached hydrogens (tertiary/aromatic N) is 3. The second-order valence-electron chi connectivity index (χ2n) is 10.3. The third kappa shape index (κ3) is 5.14. The van der Waals surface area contributed by atoms with Crippen molar-refractivity contribution in [2.24, 2.45) is 5.41 Å². The summed E-state index contributed by atoms with van der Waals surface area (Å²) in [6.07, 6.45) is 3.25. The van der Waals surface area contributed by atoms with Gasteiger partial charge in [-0.1, -0.05) is 6.07 Å². The molecule has 3 aromatic heterocycles. The van der Waals surface area contributed by atoms with Gasteiger partial charge in [-0.05, 0) is 54.1 Å². The first kappa shape index (κ1) is 25.9. The normalized spacial score (nSPS) is 16.3. The summed E-state index contributed by atoms with van der Waals surface area (Å²) < 4.78 is 52.8. The summed E-state index contributed by atoms with van der Waals surface area (Å²) in [6.45, 7) is 2.59. The number of ketones is 1. The summed E-state index contributed by atoms with van der Waals surface area (Å²) in [6, 6.07) is 10.8. The largest absolute Gasteiger partial charge is 0.460 e. The second-order valence-corrected chi connectivity index (χ2v) is 10.3. The quantitative estimate of drug-likeness (QED) is 0.280. The smallest absolute Gasteiger partial charge is 0.420 e. The second kappa shape index (κ2) is 10.0. The molecule has 10 heteroatoms. The SMILES string of the molecule is O=C(/C=C/c1cccnc1)CCc1cc2cc(-c3ccc(C(=O)N4CC5(COC5)C4)cn3)cc(C(F)(F)F)c2o1. The van der Waals surface area contributed by atoms with Crippen molar-refractivity contribution in [3.63, 3.8) is 0 Å². The van der Waals surface area contributed by atoms with Crippen molar-refractivity contribution in [1.82, 2.24) is 14.9 Å². The number of benzene rings is 1. The Morgan fingerprint density at radius 3 is 2.55 bits per heavy atom. The number of rotatable bonds is 7. The molecule has 1 aromatic carbocycles. The minimum absolute atomic E-state index is 0.0764. The van der Waals surface area contributed by atoms with Crippen LogP contribution in [0.3, 0.4) is 0 Å². The summed E-state index contributed by atoms with van der Waals surface area (Å²) in [5.41, 5.74) is 0.563. The van der Waals surface area contributed by atoms with Gasteiger partial charge in [0.1, 0.15) is 11.3 Å². The molecule has 0 N–H and O–H groups in total. The number of aromatic nitrogens is 2. The minimum Gasteiger partial charge on any atom is -0.460 e. The number of allylic oxidation sites excluding steroid dienone is 1. The number of hydrogen-bond donors (Lipinski definition) is 0. The highest BCUT2D eigenvalue weighted by molar-refractivity contribution is 5.95. The summed E-state index contributed by atoms with van der Waals surface area (Å²) in [7, 11) is 0. The zero-order chi connectivity index (χ0) is 27.9. The number of hydrogen-bond acceptors (Lipinski definition) is 6. The van der Waals surface area contributed by atoms with Crippen LogP contribution in [-0.4, -0.2) is 52.9 Å². The van der Waals surface area contributed by atoms with Crippen molar-refractivity contribution < 1.29 is 31.9 Å². The van der Waals surface area contributed by atoms with Gasteiger partial charge in [0, 0.05) is 55.5 Å². The molecule has 2 fully saturated rings. The number of carbonyl (C=O) groups is 2. The third-order valence-electron chi connectivity index (χ3n) is 7.20. The number of fused-ring (bicyclic) bond motifs is 1. The number of ether oxygens (including phenoxy) is 1. The fourth-order valence-electron chi connectivity index (χ4n) is 5.04. The van der Waals surface area contributed by atoms with E-state index in [2.05, 4.69) is 9.97 Å². The average molecular weight is 548 g/mol. The van der Waals surface area contributed by atoms with E-state index in [0.29, 0.717) is 37.6 Å². The number of alkyl halides is 3. The van der Waals surface area contributed by atoms with Crippen molar-refractivity contribution in [3.05, 3.63) is 89.6 Å². The Labute approximate surface area is 227 Å². The molecule has 40 heavy (non-hydrogen) atoms. The van der Waals surface area contributed by atoms with Crippen molar-refractivity contribution in [2.75, 3.05) is 26.3 Å². The number of furan rings is 1. The van der Waals surface area contributed by atoms with Crippen LogP contribution in [0.5, 0.6) is 0 Å². The number of halogens is 3. The molecule has 204 valence electrons. The fourth-order valence-corrected chi connectivity index (χ4v) is 5.04. The average Bonchev–Trinajstić information content (AvgIpc) is 3.31. The Bertz CT molecular complexity index is 1600. The first-order valence-electron chi connectivity index (χ1n) is 12.8. The summed E-state index contributed by atoms with van der Waals surface area (Å²) >= 11 is 0. The Morgan fingerprint density at radius 2 is 1.90 bits per heavy atom. The lowest BCUT2D eigenvalue weighted by Gasteiger charge is -2.54. The molecule has 0 atom stereocenters. The molecule has 5 heterocycles. The summed E-state index contributed by atoms with van der Waals surface area (Å²) in [5.74, 6) is -0.0690. The molecule has 0 unspecified atom stereocenters. The Kier molecular flexibility index (Phi) is 6.50. The van der Waals surface area contributed by atoms with E-state index >= 15 is 0 Å². The molecule has 0 radical (unpaired) electrons. The van der Waals surface area contributed by atoms with E-state index in [9.17, 15) is 22.8 Å². The maximum atomic E-state index is 14.0. The van der Waals surface area contributed by atoms with Crippen LogP contribution in [-0.2, 0) is 22.1 Å². The van der Waals surface area contributed by atoms with Crippen molar-refractivity contribution in [2.45, 2.75) is 19.0 Å². The van der Waals surface area contributed by atoms with Gasteiger partial charge < -0.3 is 14.1 Å². The fraction of sp³-hybridized carbons (Fsp3) is 0.267. The summed E-state index contributed by atoms with van der Waals surface area (Å²) in [4.78, 5) is 35.0. The van der Waals surface area contributed by atoms with Crippen molar-refractivity contribution in [3.8, 4) is 11.3 Å². The number of likely N-dealkylation sites (tertiary alicyclic amines) is 1. The topological polar surface area (TPSA) is 85.5 Å². The van der Waals surface area contributed by atoms with Crippen LogP contribution in [0.4, 0.5) is 13.2 Å². The van der Waals surface area contributed by atoms with E-state index in [1.807, 2.05) is 0 Å². The van der Waals surface area contributed by atoms with Gasteiger partial charge in [-0.15, -0.1) is 0 Å². The molecule has 6 rings (SSSR count). The minimum atomic E-state index is -4.67. The lowest BCUT2D eigenvalue weighted by molar-refractivity contribution is -0.176. The Hall–Kier alpha value is -4.31. The van der Waals surface area contributed by atoms with Crippen molar-refractivity contribution >= 4 is 28.7 Å². The van der Waals surface area contributed by atoms with Gasteiger partial charge >= 0.3 is 6.18 Å². The molecule has 4 aromatic rings. The lowest BCUT2D eigenvalue weighted by Crippen LogP contribution is -2.67. The number of pyridine rings is 2. The van der Waals surface area contributed by atoms with Crippen LogP contribution >= 0.6 is 0 Å². The Morgan fingerprint density at radius 1 is 1.07 bits per heavy atom. The lowest BCUT2D eigenvalue weighted by atomic mass is 9.78. The zero-order valence-electron chi connectivity index (χ0n) is 21.3. The monoisotopic (exact) mass is 547 g/mol. The van der Waals surface area contributed by atoms with Gasteiger partial charge in [-0.2, -0.15) is 13.2 Å². The molecule has 1 amide bonds. The molecule has 1 spiro atoms. The molecule has 0 saturated carbocycles. The number of carbonyl (C=O) groups excluding carboxylic acids is 2. The predicted octanol–water partition coefficient (Wildman–Crippen LogP) is 5.60. The molecule has 0 aliphatic carbocycles. The number of amides is 1. The van der Waals surface area contributed by atoms with Crippen molar-refractivity contribution in [1.29, 1.82) is 0 Å². The maximum Gasteiger partial charge on any atom is 0.420 e. The van der Waals surface area contributed by atoms with Gasteiger partial charge in [0.15, 0.2) is 5.78 Å². The highest BCUT2D eigenvalue weighted by atomic mass is 19.4. The van der Waals surface area contributed by atoms with Gasteiger partial charge in [0.25, 0.3) is 5.91 Å². The van der Waals surface area contributed by atoms with Gasteiger partial charge in [0.2, 0.25) is 0 Å². The van der Waals surface area contributed by atoms with E-state index < -0.39 is 11.7 Å². The van der Waals surface area contributed by atoms with E-state index in [-0.39, 0.29) is 52.2 Å². The van der Waals surface area contributed by atoms with Gasteiger partial charge in [-0.3, -0.25) is 19.6 Å². The standard InChI is InChI=1S/C30H24F3N3O4/c31-30(32,33)25-12-21(26-8-4-20(14-35-26)28(38)36-15-29(16-36)17-39-18-29)10-22-11-24(40-27(22)25)7-6-23(37)5-3-19-2-1-9-34-13-19/h1-5,8-14H,6-7,15-18H2/b5-3+. The molecule has 2 aliphatic rings. The predicted molar refractivity (Wildman–Crippen MR) is 140 cm³/mol. The highest BCUT2D eigenvalue weighted by Gasteiger charge is 2.50. The first-order chi connectivity index (χ1) is 19.2. The highest BCUT2D eigenvalue weighted by Crippen LogP contribution is 2.40. The maximum absolute atomic E-state index is 14.0. The zero-order valence-corrected chi connectivity index (χ0v) is 21.3. The molecule has 7 nitrogen and oxygen atoms in total. The first-order valence-corrected chi connectivity index (χ1v) is 12.8. The third-order valence-corrected chi connectivity index (χ3v) is 7.20. The molecule has 0 bridgehead atoms. The Balaban J connectivity index is 1.19. The van der Waals surface area contributed by atoms with Gasteiger partial charge in [-0.25, -0.2) is 0 Å². The number of aryl methyl sites for hydroxylation is 1. The van der Waals surface area contributed by atoms with Crippen LogP contribution in [0, 0.1) is 5.41 Å².